The minimum absolute atomic E-state index is 0.103. The van der Waals surface area contributed by atoms with E-state index in [1.165, 1.54) is 55.6 Å². The maximum atomic E-state index is 14.5. The second-order valence-electron chi connectivity index (χ2n) is 21.7. The van der Waals surface area contributed by atoms with Crippen molar-refractivity contribution in [2.45, 2.75) is 88.3 Å². The fraction of sp³-hybridized carbons (Fsp3) is 0.367. The number of hydrogen-bond acceptors (Lipinski definition) is 4. The first kappa shape index (κ1) is 36.9. The molecule has 6 aromatic carbocycles. The number of carbonyl (C=O) groups is 2. The van der Waals surface area contributed by atoms with E-state index in [1.54, 1.807) is 0 Å². The van der Waals surface area contributed by atoms with Crippen LogP contribution in [-0.2, 0) is 22.4 Å². The third-order valence-electron chi connectivity index (χ3n) is 19.2. The van der Waals surface area contributed by atoms with Crippen LogP contribution in [0.2, 0.25) is 0 Å². The van der Waals surface area contributed by atoms with Crippen molar-refractivity contribution < 1.29 is 19.8 Å². The monoisotopic (exact) mass is 836 g/mol. The molecular formula is C60H52O4. The Hall–Kier alpha value is -5.42. The van der Waals surface area contributed by atoms with Crippen LogP contribution >= 0.6 is 0 Å². The van der Waals surface area contributed by atoms with Gasteiger partial charge in [-0.1, -0.05) is 84.9 Å². The maximum Gasteiger partial charge on any atom is 0.139 e. The zero-order valence-corrected chi connectivity index (χ0v) is 36.1. The first-order chi connectivity index (χ1) is 31.3. The summed E-state index contributed by atoms with van der Waals surface area (Å²) in [7, 11) is 0. The number of Topliss-reactive ketones (excluding diaryl/α,β-unsaturated/α-hetero) is 2. The van der Waals surface area contributed by atoms with Gasteiger partial charge in [-0.05, 0) is 224 Å². The van der Waals surface area contributed by atoms with Crippen molar-refractivity contribution in [2.75, 3.05) is 0 Å². The Morgan fingerprint density at radius 2 is 0.828 bits per heavy atom. The minimum Gasteiger partial charge on any atom is -0.384 e. The number of aliphatic hydroxyl groups excluding tert-OH is 2. The summed E-state index contributed by atoms with van der Waals surface area (Å²) in [5.41, 5.74) is 22.0. The van der Waals surface area contributed by atoms with E-state index in [0.29, 0.717) is 47.1 Å². The van der Waals surface area contributed by atoms with E-state index in [9.17, 15) is 19.8 Å². The summed E-state index contributed by atoms with van der Waals surface area (Å²) in [5.74, 6) is 3.75. The van der Waals surface area contributed by atoms with Gasteiger partial charge < -0.3 is 10.2 Å². The average molecular weight is 837 g/mol. The van der Waals surface area contributed by atoms with Gasteiger partial charge in [0.2, 0.25) is 0 Å². The Morgan fingerprint density at radius 1 is 0.359 bits per heavy atom. The molecule has 9 aliphatic rings. The predicted molar refractivity (Wildman–Crippen MR) is 249 cm³/mol. The van der Waals surface area contributed by atoms with Crippen LogP contribution in [0.15, 0.2) is 109 Å². The molecule has 0 spiro atoms. The number of rotatable bonds is 2. The Labute approximate surface area is 374 Å². The second-order valence-corrected chi connectivity index (χ2v) is 21.7. The molecule has 0 saturated heterocycles. The number of carbonyl (C=O) groups excluding carboxylic acids is 2. The molecule has 5 saturated carbocycles. The molecule has 6 aromatic rings. The SMILES string of the molecule is O=C1C2CCC(c3ccc4c(c3)-c3cc5c(cc3C4)-c3ccccc3C5)CC2C2CC3C(=O)C4CCC(c5ccc6c(c5)-c5cc7c(cc5C6O)-c5ccccc5C7O)CC4C3CC12. The second kappa shape index (κ2) is 13.1. The Kier molecular flexibility index (Phi) is 7.55. The van der Waals surface area contributed by atoms with E-state index in [2.05, 4.69) is 91.0 Å². The molecule has 12 atom stereocenters. The summed E-state index contributed by atoms with van der Waals surface area (Å²) in [6.45, 7) is 0. The minimum atomic E-state index is -0.692. The molecule has 0 bridgehead atoms. The Bertz CT molecular complexity index is 3080. The zero-order chi connectivity index (χ0) is 42.3. The molecule has 0 amide bonds. The first-order valence-electron chi connectivity index (χ1n) is 24.6. The van der Waals surface area contributed by atoms with Gasteiger partial charge in [-0.25, -0.2) is 0 Å². The van der Waals surface area contributed by atoms with E-state index >= 15 is 0 Å². The van der Waals surface area contributed by atoms with Crippen LogP contribution in [0, 0.1) is 47.3 Å². The highest BCUT2D eigenvalue weighted by Gasteiger charge is 2.61. The lowest BCUT2D eigenvalue weighted by atomic mass is 9.63. The molecule has 316 valence electrons. The molecule has 5 fully saturated rings. The highest BCUT2D eigenvalue weighted by Crippen LogP contribution is 2.63. The van der Waals surface area contributed by atoms with Gasteiger partial charge in [0.05, 0.1) is 0 Å². The van der Waals surface area contributed by atoms with Crippen molar-refractivity contribution >= 4 is 11.6 Å². The molecule has 12 unspecified atom stereocenters. The zero-order valence-electron chi connectivity index (χ0n) is 36.1. The molecular weight excluding hydrogens is 785 g/mol. The molecule has 0 radical (unpaired) electrons. The van der Waals surface area contributed by atoms with Crippen LogP contribution < -0.4 is 0 Å². The summed E-state index contributed by atoms with van der Waals surface area (Å²) >= 11 is 0. The summed E-state index contributed by atoms with van der Waals surface area (Å²) in [5, 5.41) is 22.9. The first-order valence-corrected chi connectivity index (χ1v) is 24.6. The molecule has 0 heterocycles. The quantitative estimate of drug-likeness (QED) is 0.182. The van der Waals surface area contributed by atoms with Gasteiger partial charge in [-0.15, -0.1) is 0 Å². The van der Waals surface area contributed by atoms with Gasteiger partial charge in [0, 0.05) is 23.7 Å². The van der Waals surface area contributed by atoms with Crippen molar-refractivity contribution in [1.82, 2.24) is 0 Å². The van der Waals surface area contributed by atoms with Crippen molar-refractivity contribution in [3.63, 3.8) is 0 Å². The largest absolute Gasteiger partial charge is 0.384 e. The van der Waals surface area contributed by atoms with Gasteiger partial charge in [-0.3, -0.25) is 9.59 Å². The van der Waals surface area contributed by atoms with Gasteiger partial charge in [0.25, 0.3) is 0 Å². The Balaban J connectivity index is 0.673. The van der Waals surface area contributed by atoms with Crippen LogP contribution in [0.4, 0.5) is 0 Å². The van der Waals surface area contributed by atoms with Crippen molar-refractivity contribution in [1.29, 1.82) is 0 Å². The van der Waals surface area contributed by atoms with E-state index in [1.807, 2.05) is 18.2 Å². The smallest absolute Gasteiger partial charge is 0.139 e. The van der Waals surface area contributed by atoms with E-state index in [0.717, 1.165) is 109 Å². The summed E-state index contributed by atoms with van der Waals surface area (Å²) in [6.07, 6.45) is 8.57. The molecule has 0 aromatic heterocycles. The molecule has 15 rings (SSSR count). The van der Waals surface area contributed by atoms with Gasteiger partial charge >= 0.3 is 0 Å². The fourth-order valence-electron chi connectivity index (χ4n) is 16.3. The standard InChI is InChI=1S/C60H52O4/c61-57-39-8-4-3-7-38(39)49-25-54-50(26-53(49)57)47-21-31(12-15-40(47)58(54)62)32-13-16-42-48(22-32)52-28-55-51(27-56(52)60(42)64)46-20-30(11-14-41(46)59(55)63)29-9-10-34-18-36-23-44-35(24-45(36)43(34)19-29)17-33-5-1-2-6-37(33)44/h1-10,12,15,19,21,23-26,30,32,41-42,46,48,51-52,55-58,61-62H,11,13-14,16-18,20,22,27-28H2. The van der Waals surface area contributed by atoms with Gasteiger partial charge in [0.1, 0.15) is 23.8 Å². The van der Waals surface area contributed by atoms with E-state index in [-0.39, 0.29) is 23.7 Å². The molecule has 9 aliphatic carbocycles. The molecule has 4 nitrogen and oxygen atoms in total. The number of fused-ring (bicyclic) bond motifs is 18. The van der Waals surface area contributed by atoms with Crippen LogP contribution in [0.3, 0.4) is 0 Å². The van der Waals surface area contributed by atoms with Crippen molar-refractivity contribution in [2.24, 2.45) is 47.3 Å². The number of ketones is 2. The van der Waals surface area contributed by atoms with Crippen LogP contribution in [0.5, 0.6) is 0 Å². The van der Waals surface area contributed by atoms with E-state index < -0.39 is 12.2 Å². The number of benzene rings is 6. The van der Waals surface area contributed by atoms with Gasteiger partial charge in [-0.2, -0.15) is 0 Å². The molecule has 64 heavy (non-hydrogen) atoms. The van der Waals surface area contributed by atoms with Gasteiger partial charge in [0.15, 0.2) is 0 Å². The van der Waals surface area contributed by atoms with Crippen LogP contribution in [0.25, 0.3) is 44.5 Å². The predicted octanol–water partition coefficient (Wildman–Crippen LogP) is 12.1. The number of aliphatic hydroxyl groups is 2. The van der Waals surface area contributed by atoms with Crippen molar-refractivity contribution in [3.05, 3.63) is 165 Å². The van der Waals surface area contributed by atoms with E-state index in [4.69, 9.17) is 0 Å². The normalized spacial score (nSPS) is 32.6. The van der Waals surface area contributed by atoms with Crippen molar-refractivity contribution in [3.8, 4) is 44.5 Å². The third-order valence-corrected chi connectivity index (χ3v) is 19.2. The summed E-state index contributed by atoms with van der Waals surface area (Å²) < 4.78 is 0. The summed E-state index contributed by atoms with van der Waals surface area (Å²) in [6, 6.07) is 40.1. The molecule has 4 heteroatoms. The van der Waals surface area contributed by atoms with Crippen LogP contribution in [-0.4, -0.2) is 21.8 Å². The third kappa shape index (κ3) is 4.91. The molecule has 2 N–H and O–H groups in total. The lowest BCUT2D eigenvalue weighted by molar-refractivity contribution is -0.129. The highest BCUT2D eigenvalue weighted by atomic mass is 16.3. The fourth-order valence-corrected chi connectivity index (χ4v) is 16.3. The highest BCUT2D eigenvalue weighted by molar-refractivity contribution is 5.91. The molecule has 0 aliphatic heterocycles. The number of hydrogen-bond donors (Lipinski definition) is 2. The lowest BCUT2D eigenvalue weighted by Gasteiger charge is -2.41. The Morgan fingerprint density at radius 3 is 1.48 bits per heavy atom. The summed E-state index contributed by atoms with van der Waals surface area (Å²) in [4.78, 5) is 28.9. The topological polar surface area (TPSA) is 74.6 Å². The average Bonchev–Trinajstić information content (AvgIpc) is 4.15. The maximum absolute atomic E-state index is 14.5. The van der Waals surface area contributed by atoms with Crippen LogP contribution in [0.1, 0.15) is 131 Å². The lowest BCUT2D eigenvalue weighted by Crippen LogP contribution is -2.35.